The number of hydrogen-bond acceptors (Lipinski definition) is 2. The Morgan fingerprint density at radius 1 is 1.37 bits per heavy atom. The van der Waals surface area contributed by atoms with Gasteiger partial charge in [0.1, 0.15) is 17.3 Å². The fourth-order valence-corrected chi connectivity index (χ4v) is 2.04. The molecule has 1 aromatic carbocycles. The van der Waals surface area contributed by atoms with E-state index in [2.05, 4.69) is 11.9 Å². The highest BCUT2D eigenvalue weighted by Gasteiger charge is 2.15. The maximum Gasteiger partial charge on any atom is 0.263 e. The zero-order chi connectivity index (χ0) is 14.0. The van der Waals surface area contributed by atoms with E-state index in [1.165, 1.54) is 12.1 Å². The molecular formula is C14H17F2N3. The lowest BCUT2D eigenvalue weighted by molar-refractivity contribution is 0.151. The predicted octanol–water partition coefficient (Wildman–Crippen LogP) is 3.56. The van der Waals surface area contributed by atoms with Crippen molar-refractivity contribution in [2.45, 2.75) is 26.2 Å². The molecule has 0 fully saturated rings. The monoisotopic (exact) mass is 265 g/mol. The molecule has 102 valence electrons. The minimum atomic E-state index is -2.49. The Kier molecular flexibility index (Phi) is 3.83. The van der Waals surface area contributed by atoms with Gasteiger partial charge in [-0.3, -0.25) is 0 Å². The van der Waals surface area contributed by atoms with Crippen molar-refractivity contribution in [1.82, 2.24) is 9.55 Å². The maximum absolute atomic E-state index is 12.7. The average molecular weight is 265 g/mol. The van der Waals surface area contributed by atoms with Crippen molar-refractivity contribution in [2.24, 2.45) is 7.05 Å². The molecule has 0 spiro atoms. The van der Waals surface area contributed by atoms with Gasteiger partial charge in [0, 0.05) is 24.6 Å². The van der Waals surface area contributed by atoms with Crippen LogP contribution in [0.5, 0.6) is 0 Å². The number of aromatic nitrogens is 2. The number of imidazole rings is 1. The molecule has 0 radical (unpaired) electrons. The molecule has 0 aliphatic rings. The quantitative estimate of drug-likeness (QED) is 0.918. The first-order valence-corrected chi connectivity index (χ1v) is 6.24. The van der Waals surface area contributed by atoms with E-state index in [1.807, 2.05) is 11.6 Å². The van der Waals surface area contributed by atoms with Crippen LogP contribution < -0.4 is 5.73 Å². The number of nitrogens with two attached hydrogens (primary N) is 1. The van der Waals surface area contributed by atoms with Crippen LogP contribution in [0, 0.1) is 0 Å². The van der Waals surface area contributed by atoms with Gasteiger partial charge in [0.05, 0.1) is 0 Å². The molecule has 2 rings (SSSR count). The summed E-state index contributed by atoms with van der Waals surface area (Å²) >= 11 is 0. The minimum Gasteiger partial charge on any atom is -0.383 e. The normalized spacial score (nSPS) is 11.2. The molecule has 1 heterocycles. The Labute approximate surface area is 111 Å². The molecule has 19 heavy (non-hydrogen) atoms. The van der Waals surface area contributed by atoms with Crippen molar-refractivity contribution in [2.75, 3.05) is 5.73 Å². The molecule has 0 aliphatic heterocycles. The molecule has 0 saturated heterocycles. The molecule has 2 N–H and O–H groups in total. The number of hydrogen-bond donors (Lipinski definition) is 1. The third-order valence-corrected chi connectivity index (χ3v) is 3.12. The number of rotatable bonds is 4. The van der Waals surface area contributed by atoms with Crippen LogP contribution >= 0.6 is 0 Å². The van der Waals surface area contributed by atoms with E-state index < -0.39 is 6.43 Å². The van der Waals surface area contributed by atoms with Gasteiger partial charge in [0.25, 0.3) is 6.43 Å². The standard InChI is InChI=1S/C14H17F2N3/c1-3-5-11-18-12(14(17)19(11)2)9-6-4-7-10(8-9)13(15)16/h4,6-8,13H,3,5,17H2,1-2H3. The van der Waals surface area contributed by atoms with Crippen molar-refractivity contribution in [3.63, 3.8) is 0 Å². The summed E-state index contributed by atoms with van der Waals surface area (Å²) in [6.45, 7) is 2.06. The van der Waals surface area contributed by atoms with E-state index >= 15 is 0 Å². The van der Waals surface area contributed by atoms with Gasteiger partial charge in [0.15, 0.2) is 0 Å². The van der Waals surface area contributed by atoms with E-state index in [0.29, 0.717) is 17.1 Å². The molecule has 0 atom stereocenters. The number of benzene rings is 1. The van der Waals surface area contributed by atoms with Gasteiger partial charge in [0.2, 0.25) is 0 Å². The van der Waals surface area contributed by atoms with Crippen LogP contribution in [0.2, 0.25) is 0 Å². The molecule has 0 saturated carbocycles. The molecular weight excluding hydrogens is 248 g/mol. The van der Waals surface area contributed by atoms with Gasteiger partial charge in [-0.05, 0) is 12.5 Å². The largest absolute Gasteiger partial charge is 0.383 e. The SMILES string of the molecule is CCCc1nc(-c2cccc(C(F)F)c2)c(N)n1C. The highest BCUT2D eigenvalue weighted by molar-refractivity contribution is 5.71. The number of halogens is 2. The van der Waals surface area contributed by atoms with Crippen molar-refractivity contribution in [3.05, 3.63) is 35.7 Å². The summed E-state index contributed by atoms with van der Waals surface area (Å²) in [4.78, 5) is 4.46. The van der Waals surface area contributed by atoms with Gasteiger partial charge in [-0.25, -0.2) is 13.8 Å². The molecule has 0 bridgehead atoms. The van der Waals surface area contributed by atoms with Crippen LogP contribution in [0.25, 0.3) is 11.3 Å². The lowest BCUT2D eigenvalue weighted by atomic mass is 10.1. The second-order valence-electron chi connectivity index (χ2n) is 4.50. The van der Waals surface area contributed by atoms with Crippen molar-refractivity contribution < 1.29 is 8.78 Å². The summed E-state index contributed by atoms with van der Waals surface area (Å²) in [6, 6.07) is 6.20. The Morgan fingerprint density at radius 3 is 2.74 bits per heavy atom. The Balaban J connectivity index is 2.47. The molecule has 0 unspecified atom stereocenters. The minimum absolute atomic E-state index is 0.0143. The predicted molar refractivity (Wildman–Crippen MR) is 72.0 cm³/mol. The molecule has 1 aromatic heterocycles. The smallest absolute Gasteiger partial charge is 0.263 e. The van der Waals surface area contributed by atoms with Gasteiger partial charge in [-0.1, -0.05) is 25.1 Å². The topological polar surface area (TPSA) is 43.8 Å². The zero-order valence-electron chi connectivity index (χ0n) is 11.0. The molecule has 2 aromatic rings. The first kappa shape index (κ1) is 13.5. The highest BCUT2D eigenvalue weighted by Crippen LogP contribution is 2.29. The number of alkyl halides is 2. The van der Waals surface area contributed by atoms with Crippen molar-refractivity contribution >= 4 is 5.82 Å². The van der Waals surface area contributed by atoms with Crippen molar-refractivity contribution in [3.8, 4) is 11.3 Å². The number of nitrogens with zero attached hydrogens (tertiary/aromatic N) is 2. The van der Waals surface area contributed by atoms with Crippen LogP contribution in [0.3, 0.4) is 0 Å². The Morgan fingerprint density at radius 2 is 2.11 bits per heavy atom. The molecule has 0 aliphatic carbocycles. The summed E-state index contributed by atoms with van der Waals surface area (Å²) in [5.74, 6) is 1.38. The third-order valence-electron chi connectivity index (χ3n) is 3.12. The molecule has 5 heteroatoms. The van der Waals surface area contributed by atoms with Crippen LogP contribution in [0.15, 0.2) is 24.3 Å². The van der Waals surface area contributed by atoms with Gasteiger partial charge >= 0.3 is 0 Å². The maximum atomic E-state index is 12.7. The summed E-state index contributed by atoms with van der Waals surface area (Å²) in [5, 5.41) is 0. The molecule has 3 nitrogen and oxygen atoms in total. The summed E-state index contributed by atoms with van der Waals surface area (Å²) in [5.41, 5.74) is 7.20. The second kappa shape index (κ2) is 5.38. The highest BCUT2D eigenvalue weighted by atomic mass is 19.3. The first-order chi connectivity index (χ1) is 9.04. The fourth-order valence-electron chi connectivity index (χ4n) is 2.04. The summed E-state index contributed by atoms with van der Waals surface area (Å²) < 4.78 is 27.2. The first-order valence-electron chi connectivity index (χ1n) is 6.24. The van der Waals surface area contributed by atoms with E-state index in [0.717, 1.165) is 18.7 Å². The van der Waals surface area contributed by atoms with E-state index in [4.69, 9.17) is 5.73 Å². The van der Waals surface area contributed by atoms with Crippen LogP contribution in [0.4, 0.5) is 14.6 Å². The van der Waals surface area contributed by atoms with Gasteiger partial charge in [-0.2, -0.15) is 0 Å². The Hall–Kier alpha value is -1.91. The second-order valence-corrected chi connectivity index (χ2v) is 4.50. The van der Waals surface area contributed by atoms with Crippen LogP contribution in [-0.2, 0) is 13.5 Å². The lowest BCUT2D eigenvalue weighted by Gasteiger charge is -2.03. The summed E-state index contributed by atoms with van der Waals surface area (Å²) in [6.07, 6.45) is -0.712. The van der Waals surface area contributed by atoms with E-state index in [9.17, 15) is 8.78 Å². The van der Waals surface area contributed by atoms with Gasteiger partial charge < -0.3 is 10.3 Å². The molecule has 0 amide bonds. The summed E-state index contributed by atoms with van der Waals surface area (Å²) in [7, 11) is 1.84. The van der Waals surface area contributed by atoms with Crippen molar-refractivity contribution in [1.29, 1.82) is 0 Å². The van der Waals surface area contributed by atoms with E-state index in [-0.39, 0.29) is 5.56 Å². The number of anilines is 1. The number of nitrogen functional groups attached to an aromatic ring is 1. The zero-order valence-corrected chi connectivity index (χ0v) is 11.0. The van der Waals surface area contributed by atoms with Gasteiger partial charge in [-0.15, -0.1) is 0 Å². The number of aryl methyl sites for hydroxylation is 1. The van der Waals surface area contributed by atoms with Crippen LogP contribution in [0.1, 0.15) is 31.2 Å². The average Bonchev–Trinajstić information content (AvgIpc) is 2.68. The van der Waals surface area contributed by atoms with E-state index in [1.54, 1.807) is 12.1 Å². The fraction of sp³-hybridized carbons (Fsp3) is 0.357. The van der Waals surface area contributed by atoms with Crippen LogP contribution in [-0.4, -0.2) is 9.55 Å². The lowest BCUT2D eigenvalue weighted by Crippen LogP contribution is -2.01. The third kappa shape index (κ3) is 2.59. The Bertz CT molecular complexity index is 576.